The molecule has 2 aliphatic rings. The fraction of sp³-hybridized carbons (Fsp3) is 1.00. The minimum Gasteiger partial charge on any atom is -0.258 e. The molecule has 3 N–H and O–H groups in total. The van der Waals surface area contributed by atoms with E-state index in [1.165, 1.54) is 6.42 Å². The molecule has 3 atom stereocenters. The average molecular weight is 190 g/mol. The summed E-state index contributed by atoms with van der Waals surface area (Å²) in [5.74, 6) is 5.99. The first kappa shape index (κ1) is 8.47. The molecule has 2 aliphatic carbocycles. The molecule has 4 nitrogen and oxygen atoms in total. The van der Waals surface area contributed by atoms with Crippen molar-refractivity contribution in [3.8, 4) is 0 Å². The highest BCUT2D eigenvalue weighted by Gasteiger charge is 2.45. The van der Waals surface area contributed by atoms with Gasteiger partial charge in [-0.2, -0.15) is 4.83 Å². The number of rotatable bonds is 2. The Hall–Kier alpha value is -0.130. The fourth-order valence-corrected chi connectivity index (χ4v) is 4.11. The van der Waals surface area contributed by atoms with Gasteiger partial charge in [0.2, 0.25) is 10.0 Å². The Kier molecular flexibility index (Phi) is 1.89. The highest BCUT2D eigenvalue weighted by molar-refractivity contribution is 7.90. The summed E-state index contributed by atoms with van der Waals surface area (Å²) >= 11 is 0. The zero-order valence-electron chi connectivity index (χ0n) is 6.86. The van der Waals surface area contributed by atoms with Crippen LogP contribution in [0.5, 0.6) is 0 Å². The number of nitrogens with two attached hydrogens (primary N) is 1. The molecule has 0 aliphatic heterocycles. The Morgan fingerprint density at radius 3 is 2.42 bits per heavy atom. The minimum absolute atomic E-state index is 0.207. The molecular weight excluding hydrogens is 176 g/mol. The van der Waals surface area contributed by atoms with Crippen LogP contribution in [0.3, 0.4) is 0 Å². The molecule has 5 heteroatoms. The normalized spacial score (nSPS) is 40.6. The zero-order valence-corrected chi connectivity index (χ0v) is 7.68. The van der Waals surface area contributed by atoms with Crippen molar-refractivity contribution in [3.63, 3.8) is 0 Å². The molecule has 2 rings (SSSR count). The maximum atomic E-state index is 11.4. The van der Waals surface area contributed by atoms with Crippen LogP contribution in [-0.4, -0.2) is 13.7 Å². The highest BCUT2D eigenvalue weighted by Crippen LogP contribution is 2.46. The monoisotopic (exact) mass is 190 g/mol. The molecule has 0 saturated heterocycles. The molecule has 2 bridgehead atoms. The summed E-state index contributed by atoms with van der Waals surface area (Å²) in [5, 5.41) is -0.207. The van der Waals surface area contributed by atoms with E-state index in [-0.39, 0.29) is 5.25 Å². The van der Waals surface area contributed by atoms with Gasteiger partial charge in [0, 0.05) is 0 Å². The Bertz CT molecular complexity index is 275. The predicted molar refractivity (Wildman–Crippen MR) is 45.5 cm³/mol. The van der Waals surface area contributed by atoms with E-state index in [0.717, 1.165) is 19.3 Å². The van der Waals surface area contributed by atoms with E-state index in [0.29, 0.717) is 11.8 Å². The van der Waals surface area contributed by atoms with Crippen molar-refractivity contribution in [2.24, 2.45) is 17.7 Å². The maximum absolute atomic E-state index is 11.4. The number of sulfonamides is 1. The Labute approximate surface area is 72.5 Å². The van der Waals surface area contributed by atoms with Gasteiger partial charge in [-0.3, -0.25) is 5.84 Å². The van der Waals surface area contributed by atoms with E-state index in [2.05, 4.69) is 0 Å². The van der Waals surface area contributed by atoms with E-state index in [1.807, 2.05) is 4.83 Å². The van der Waals surface area contributed by atoms with Crippen molar-refractivity contribution in [2.75, 3.05) is 0 Å². The van der Waals surface area contributed by atoms with Gasteiger partial charge in [0.15, 0.2) is 0 Å². The molecule has 12 heavy (non-hydrogen) atoms. The molecule has 2 saturated carbocycles. The van der Waals surface area contributed by atoms with Gasteiger partial charge in [0.05, 0.1) is 5.25 Å². The molecule has 3 unspecified atom stereocenters. The van der Waals surface area contributed by atoms with E-state index in [9.17, 15) is 8.42 Å². The molecule has 0 spiro atoms. The lowest BCUT2D eigenvalue weighted by Crippen LogP contribution is -2.41. The van der Waals surface area contributed by atoms with Crippen LogP contribution in [0.4, 0.5) is 0 Å². The SMILES string of the molecule is NNS(=O)(=O)C1CC2CCC1C2. The van der Waals surface area contributed by atoms with E-state index in [4.69, 9.17) is 5.84 Å². The number of fused-ring (bicyclic) bond motifs is 2. The number of hydrazine groups is 1. The molecule has 0 aromatic heterocycles. The summed E-state index contributed by atoms with van der Waals surface area (Å²) in [4.78, 5) is 1.94. The Morgan fingerprint density at radius 2 is 2.00 bits per heavy atom. The van der Waals surface area contributed by atoms with Crippen LogP contribution in [0.15, 0.2) is 0 Å². The van der Waals surface area contributed by atoms with E-state index in [1.54, 1.807) is 0 Å². The van der Waals surface area contributed by atoms with Gasteiger partial charge in [-0.25, -0.2) is 8.42 Å². The van der Waals surface area contributed by atoms with Crippen LogP contribution < -0.4 is 10.7 Å². The van der Waals surface area contributed by atoms with Crippen molar-refractivity contribution in [1.29, 1.82) is 0 Å². The molecular formula is C7H14N2O2S. The third-order valence-electron chi connectivity index (χ3n) is 3.24. The van der Waals surface area contributed by atoms with Crippen LogP contribution in [0.25, 0.3) is 0 Å². The molecule has 0 aromatic rings. The van der Waals surface area contributed by atoms with Gasteiger partial charge in [0.1, 0.15) is 0 Å². The van der Waals surface area contributed by atoms with Crippen molar-refractivity contribution in [3.05, 3.63) is 0 Å². The predicted octanol–water partition coefficient (Wildman–Crippen LogP) is -0.0319. The second kappa shape index (κ2) is 2.68. The van der Waals surface area contributed by atoms with Gasteiger partial charge >= 0.3 is 0 Å². The number of hydrogen-bond donors (Lipinski definition) is 2. The summed E-state index contributed by atoms with van der Waals surface area (Å²) in [7, 11) is -3.20. The van der Waals surface area contributed by atoms with Crippen LogP contribution in [0.2, 0.25) is 0 Å². The summed E-state index contributed by atoms with van der Waals surface area (Å²) in [5.41, 5.74) is 0. The van der Waals surface area contributed by atoms with Crippen LogP contribution in [-0.2, 0) is 10.0 Å². The average Bonchev–Trinajstić information content (AvgIpc) is 2.64. The largest absolute Gasteiger partial charge is 0.258 e. The summed E-state index contributed by atoms with van der Waals surface area (Å²) in [6, 6.07) is 0. The topological polar surface area (TPSA) is 72.2 Å². The third-order valence-corrected chi connectivity index (χ3v) is 4.94. The quantitative estimate of drug-likeness (QED) is 0.474. The van der Waals surface area contributed by atoms with Gasteiger partial charge in [0.25, 0.3) is 0 Å². The zero-order chi connectivity index (χ0) is 8.77. The van der Waals surface area contributed by atoms with Gasteiger partial charge in [-0.05, 0) is 31.1 Å². The molecule has 0 heterocycles. The lowest BCUT2D eigenvalue weighted by molar-refractivity contribution is 0.460. The lowest BCUT2D eigenvalue weighted by Gasteiger charge is -2.20. The van der Waals surface area contributed by atoms with Crippen LogP contribution >= 0.6 is 0 Å². The fourth-order valence-electron chi connectivity index (χ4n) is 2.65. The third kappa shape index (κ3) is 1.16. The summed E-state index contributed by atoms with van der Waals surface area (Å²) < 4.78 is 22.7. The second-order valence-electron chi connectivity index (χ2n) is 3.88. The Morgan fingerprint density at radius 1 is 1.25 bits per heavy atom. The van der Waals surface area contributed by atoms with Crippen LogP contribution in [0.1, 0.15) is 25.7 Å². The van der Waals surface area contributed by atoms with E-state index >= 15 is 0 Å². The number of hydrogen-bond acceptors (Lipinski definition) is 3. The first-order valence-electron chi connectivity index (χ1n) is 4.34. The first-order valence-corrected chi connectivity index (χ1v) is 5.89. The lowest BCUT2D eigenvalue weighted by atomic mass is 10.0. The standard InChI is InChI=1S/C7H14N2O2S/c8-9-12(10,11)7-4-5-1-2-6(7)3-5/h5-7,9H,1-4,8H2. The first-order chi connectivity index (χ1) is 5.63. The second-order valence-corrected chi connectivity index (χ2v) is 5.81. The van der Waals surface area contributed by atoms with Crippen molar-refractivity contribution >= 4 is 10.0 Å². The van der Waals surface area contributed by atoms with Gasteiger partial charge in [-0.15, -0.1) is 0 Å². The molecule has 70 valence electrons. The van der Waals surface area contributed by atoms with Crippen molar-refractivity contribution in [2.45, 2.75) is 30.9 Å². The maximum Gasteiger partial charge on any atom is 0.227 e. The van der Waals surface area contributed by atoms with Crippen LogP contribution in [0, 0.1) is 11.8 Å². The molecule has 0 aromatic carbocycles. The van der Waals surface area contributed by atoms with Gasteiger partial charge < -0.3 is 0 Å². The van der Waals surface area contributed by atoms with E-state index < -0.39 is 10.0 Å². The molecule has 0 amide bonds. The molecule has 0 radical (unpaired) electrons. The smallest absolute Gasteiger partial charge is 0.227 e. The highest BCUT2D eigenvalue weighted by atomic mass is 32.2. The Balaban J connectivity index is 2.17. The van der Waals surface area contributed by atoms with Crippen molar-refractivity contribution < 1.29 is 8.42 Å². The van der Waals surface area contributed by atoms with Gasteiger partial charge in [-0.1, -0.05) is 6.42 Å². The summed E-state index contributed by atoms with van der Waals surface area (Å²) in [6.07, 6.45) is 4.18. The number of nitrogens with one attached hydrogen (secondary N) is 1. The summed E-state index contributed by atoms with van der Waals surface area (Å²) in [6.45, 7) is 0. The van der Waals surface area contributed by atoms with Crippen molar-refractivity contribution in [1.82, 2.24) is 4.83 Å². The molecule has 2 fully saturated rings. The minimum atomic E-state index is -3.20.